The number of carboxylic acid groups (broad SMARTS) is 1. The Balaban J connectivity index is 0.000000295. The van der Waals surface area contributed by atoms with Crippen LogP contribution in [-0.4, -0.2) is 12.1 Å². The fourth-order valence-corrected chi connectivity index (χ4v) is 3.62. The van der Waals surface area contributed by atoms with Gasteiger partial charge in [0.1, 0.15) is 5.97 Å². The number of hydrogen-bond donors (Lipinski definition) is 0. The van der Waals surface area contributed by atoms with E-state index in [1.54, 1.807) is 37.3 Å². The number of rotatable bonds is 1. The van der Waals surface area contributed by atoms with Crippen LogP contribution in [0.5, 0.6) is 0 Å². The molecule has 9 heteroatoms. The standard InChI is InChI=1S/C11H10F3S.C2HF3O2/c1-2-9-7-8-5-3-4-6-10(8)15(9)11(12,13)14;3-2(4,5)1(6)7/h3-7H,2H2,1H3;(H,6,7)/q+1;/p-1. The Morgan fingerprint density at radius 3 is 2.05 bits per heavy atom. The lowest BCUT2D eigenvalue weighted by Gasteiger charge is -2.03. The molecule has 0 amide bonds. The van der Waals surface area contributed by atoms with Crippen LogP contribution < -0.4 is 5.11 Å². The number of carbonyl (C=O) groups is 1. The molecule has 0 saturated carbocycles. The Morgan fingerprint density at radius 1 is 1.14 bits per heavy atom. The lowest BCUT2D eigenvalue weighted by molar-refractivity contribution is -0.344. The maximum atomic E-state index is 12.8. The van der Waals surface area contributed by atoms with Gasteiger partial charge in [0.2, 0.25) is 0 Å². The van der Waals surface area contributed by atoms with E-state index in [1.165, 1.54) is 0 Å². The largest absolute Gasteiger partial charge is 0.600 e. The predicted octanol–water partition coefficient (Wildman–Crippen LogP) is 3.93. The van der Waals surface area contributed by atoms with Crippen molar-refractivity contribution in [1.82, 2.24) is 0 Å². The summed E-state index contributed by atoms with van der Waals surface area (Å²) in [6, 6.07) is 8.42. The first-order valence-corrected chi connectivity index (χ1v) is 7.09. The van der Waals surface area contributed by atoms with Crippen molar-refractivity contribution in [2.24, 2.45) is 0 Å². The Bertz CT molecular complexity index is 657. The molecular formula is C13H10F6O2S. The van der Waals surface area contributed by atoms with Crippen molar-refractivity contribution >= 4 is 26.5 Å². The molecule has 0 saturated heterocycles. The number of aryl methyl sites for hydroxylation is 1. The first-order valence-electron chi connectivity index (χ1n) is 5.87. The van der Waals surface area contributed by atoms with E-state index in [9.17, 15) is 26.3 Å². The number of hydrogen-bond acceptors (Lipinski definition) is 2. The second-order valence-corrected chi connectivity index (χ2v) is 6.08. The van der Waals surface area contributed by atoms with Crippen LogP contribution in [0.2, 0.25) is 0 Å². The van der Waals surface area contributed by atoms with Crippen molar-refractivity contribution in [3.63, 3.8) is 0 Å². The molecule has 2 rings (SSSR count). The minimum Gasteiger partial charge on any atom is -0.542 e. The molecule has 1 heterocycles. The highest BCUT2D eigenvalue weighted by molar-refractivity contribution is 7.38. The van der Waals surface area contributed by atoms with Gasteiger partial charge in [-0.05, 0) is 12.1 Å². The third-order valence-corrected chi connectivity index (χ3v) is 4.73. The van der Waals surface area contributed by atoms with Crippen molar-refractivity contribution in [3.8, 4) is 0 Å². The second-order valence-electron chi connectivity index (χ2n) is 4.04. The molecule has 1 aromatic carbocycles. The van der Waals surface area contributed by atoms with Gasteiger partial charge in [0, 0.05) is 17.9 Å². The highest BCUT2D eigenvalue weighted by Crippen LogP contribution is 2.50. The molecule has 22 heavy (non-hydrogen) atoms. The van der Waals surface area contributed by atoms with E-state index in [0.717, 1.165) is 5.39 Å². The van der Waals surface area contributed by atoms with Crippen LogP contribution in [0.25, 0.3) is 10.1 Å². The van der Waals surface area contributed by atoms with E-state index >= 15 is 0 Å². The fourth-order valence-electron chi connectivity index (χ4n) is 1.68. The summed E-state index contributed by atoms with van der Waals surface area (Å²) in [4.78, 5) is 9.27. The van der Waals surface area contributed by atoms with Crippen molar-refractivity contribution < 1.29 is 36.2 Å². The number of aliphatic carboxylic acids is 1. The van der Waals surface area contributed by atoms with E-state index in [1.807, 2.05) is 0 Å². The highest BCUT2D eigenvalue weighted by Gasteiger charge is 2.47. The van der Waals surface area contributed by atoms with E-state index in [4.69, 9.17) is 9.90 Å². The fraction of sp³-hybridized carbons (Fsp3) is 0.308. The first-order chi connectivity index (χ1) is 9.98. The molecule has 2 aromatic rings. The van der Waals surface area contributed by atoms with Gasteiger partial charge in [-0.2, -0.15) is 13.2 Å². The van der Waals surface area contributed by atoms with E-state index in [-0.39, 0.29) is 0 Å². The van der Waals surface area contributed by atoms with Crippen LogP contribution in [0.15, 0.2) is 30.3 Å². The van der Waals surface area contributed by atoms with E-state index in [2.05, 4.69) is 0 Å². The number of thiophene rings is 1. The number of halogens is 6. The molecule has 1 unspecified atom stereocenters. The molecule has 1 atom stereocenters. The summed E-state index contributed by atoms with van der Waals surface area (Å²) in [5.74, 6) is -3.01. The molecule has 0 aliphatic rings. The Hall–Kier alpha value is -1.77. The molecule has 0 radical (unpaired) electrons. The van der Waals surface area contributed by atoms with Crippen LogP contribution in [-0.2, 0) is 16.7 Å². The predicted molar refractivity (Wildman–Crippen MR) is 68.2 cm³/mol. The van der Waals surface area contributed by atoms with Crippen LogP contribution in [0.4, 0.5) is 26.3 Å². The average Bonchev–Trinajstić information content (AvgIpc) is 2.76. The Morgan fingerprint density at radius 2 is 1.64 bits per heavy atom. The van der Waals surface area contributed by atoms with Crippen molar-refractivity contribution in [1.29, 1.82) is 0 Å². The Labute approximate surface area is 124 Å². The smallest absolute Gasteiger partial charge is 0.542 e. The molecule has 0 bridgehead atoms. The van der Waals surface area contributed by atoms with Gasteiger partial charge < -0.3 is 9.90 Å². The lowest BCUT2D eigenvalue weighted by atomic mass is 10.2. The van der Waals surface area contributed by atoms with Gasteiger partial charge in [0.25, 0.3) is 0 Å². The summed E-state index contributed by atoms with van der Waals surface area (Å²) in [5, 5.41) is 9.50. The SMILES string of the molecule is CCc1cc2ccccc2[s+]1C(F)(F)F.O=C([O-])C(F)(F)F. The lowest BCUT2D eigenvalue weighted by Crippen LogP contribution is -2.37. The van der Waals surface area contributed by atoms with Gasteiger partial charge in [0.05, 0.1) is 10.5 Å². The minimum atomic E-state index is -5.19. The number of alkyl halides is 6. The summed E-state index contributed by atoms with van der Waals surface area (Å²) in [5.41, 5.74) is -4.14. The van der Waals surface area contributed by atoms with E-state index < -0.39 is 28.1 Å². The van der Waals surface area contributed by atoms with E-state index in [0.29, 0.717) is 16.0 Å². The summed E-state index contributed by atoms with van der Waals surface area (Å²) in [6.07, 6.45) is -4.74. The van der Waals surface area contributed by atoms with Gasteiger partial charge in [-0.25, -0.2) is 0 Å². The molecule has 0 N–H and O–H groups in total. The third-order valence-electron chi connectivity index (χ3n) is 2.53. The summed E-state index contributed by atoms with van der Waals surface area (Å²) < 4.78 is 70.5. The van der Waals surface area contributed by atoms with Crippen LogP contribution in [0, 0.1) is 0 Å². The maximum absolute atomic E-state index is 12.8. The van der Waals surface area contributed by atoms with Gasteiger partial charge in [0.15, 0.2) is 9.58 Å². The topological polar surface area (TPSA) is 40.1 Å². The number of benzene rings is 1. The molecule has 1 aromatic heterocycles. The molecule has 122 valence electrons. The Kier molecular flexibility index (Phi) is 5.44. The minimum absolute atomic E-state index is 0.418. The normalized spacial score (nSPS) is 12.8. The maximum Gasteiger partial charge on any atom is 0.600 e. The molecule has 2 nitrogen and oxygen atoms in total. The van der Waals surface area contributed by atoms with Crippen molar-refractivity contribution in [2.45, 2.75) is 25.0 Å². The average molecular weight is 344 g/mol. The first kappa shape index (κ1) is 18.3. The number of fused-ring (bicyclic) bond motifs is 1. The summed E-state index contributed by atoms with van der Waals surface area (Å²) >= 11 is 0. The summed E-state index contributed by atoms with van der Waals surface area (Å²) in [7, 11) is -1.70. The van der Waals surface area contributed by atoms with Gasteiger partial charge in [-0.3, -0.25) is 0 Å². The van der Waals surface area contributed by atoms with Crippen LogP contribution >= 0.6 is 10.5 Å². The second kappa shape index (κ2) is 6.55. The van der Waals surface area contributed by atoms with Crippen LogP contribution in [0.1, 0.15) is 11.8 Å². The highest BCUT2D eigenvalue weighted by atomic mass is 32.2. The quantitative estimate of drug-likeness (QED) is 0.581. The van der Waals surface area contributed by atoms with Gasteiger partial charge in [-0.1, -0.05) is 19.1 Å². The zero-order chi connectivity index (χ0) is 17.1. The third kappa shape index (κ3) is 4.36. The van der Waals surface area contributed by atoms with Crippen LogP contribution in [0.3, 0.4) is 0 Å². The number of carboxylic acids is 1. The number of carbonyl (C=O) groups excluding carboxylic acids is 1. The van der Waals surface area contributed by atoms with Gasteiger partial charge in [-0.15, -0.1) is 13.2 Å². The van der Waals surface area contributed by atoms with Gasteiger partial charge >= 0.3 is 11.7 Å². The summed E-state index contributed by atoms with van der Waals surface area (Å²) in [6.45, 7) is 1.77. The monoisotopic (exact) mass is 344 g/mol. The molecule has 0 spiro atoms. The molecular weight excluding hydrogens is 334 g/mol. The molecule has 0 aliphatic carbocycles. The zero-order valence-corrected chi connectivity index (χ0v) is 11.9. The van der Waals surface area contributed by atoms with Crippen molar-refractivity contribution in [3.05, 3.63) is 35.2 Å². The molecule has 0 aliphatic heterocycles. The zero-order valence-electron chi connectivity index (χ0n) is 11.1. The van der Waals surface area contributed by atoms with Crippen molar-refractivity contribution in [2.75, 3.05) is 0 Å². The molecule has 0 fully saturated rings.